The van der Waals surface area contributed by atoms with Gasteiger partial charge in [-0.3, -0.25) is 0 Å². The molecule has 4 atom stereocenters. The Labute approximate surface area is 118 Å². The van der Waals surface area contributed by atoms with Crippen molar-refractivity contribution in [2.75, 3.05) is 0 Å². The third kappa shape index (κ3) is 1.96. The van der Waals surface area contributed by atoms with Crippen molar-refractivity contribution in [2.45, 2.75) is 31.1 Å². The van der Waals surface area contributed by atoms with E-state index in [1.54, 1.807) is 11.3 Å². The first kappa shape index (κ1) is 11.8. The van der Waals surface area contributed by atoms with Crippen LogP contribution in [0.2, 0.25) is 4.34 Å². The van der Waals surface area contributed by atoms with Gasteiger partial charge in [0.2, 0.25) is 0 Å². The van der Waals surface area contributed by atoms with Crippen LogP contribution in [0.3, 0.4) is 0 Å². The number of fused-ring (bicyclic) bond motifs is 2. The molecule has 2 aliphatic rings. The van der Waals surface area contributed by atoms with Crippen molar-refractivity contribution in [1.29, 1.82) is 0 Å². The Balaban J connectivity index is 1.80. The molecule has 0 saturated heterocycles. The molecule has 1 aromatic heterocycles. The Bertz CT molecular complexity index is 384. The zero-order chi connectivity index (χ0) is 11.3. The van der Waals surface area contributed by atoms with Crippen molar-refractivity contribution in [2.24, 2.45) is 17.8 Å². The third-order valence-electron chi connectivity index (χ3n) is 4.10. The molecule has 0 aliphatic heterocycles. The van der Waals surface area contributed by atoms with Crippen LogP contribution < -0.4 is 0 Å². The first-order chi connectivity index (χ1) is 7.65. The van der Waals surface area contributed by atoms with Crippen molar-refractivity contribution < 1.29 is 0 Å². The second-order valence-corrected chi connectivity index (χ2v) is 8.02. The van der Waals surface area contributed by atoms with Gasteiger partial charge in [-0.25, -0.2) is 0 Å². The summed E-state index contributed by atoms with van der Waals surface area (Å²) < 4.78 is 1.81. The van der Waals surface area contributed by atoms with Crippen LogP contribution in [0, 0.1) is 17.8 Å². The highest BCUT2D eigenvalue weighted by Gasteiger charge is 2.43. The number of hydrogen-bond acceptors (Lipinski definition) is 1. The second-order valence-electron chi connectivity index (χ2n) is 5.01. The molecular formula is C12H13BrCl2S. The molecule has 2 bridgehead atoms. The van der Waals surface area contributed by atoms with E-state index in [9.17, 15) is 0 Å². The Hall–Kier alpha value is 0.760. The van der Waals surface area contributed by atoms with E-state index in [0.717, 1.165) is 20.6 Å². The molecule has 0 N–H and O–H groups in total. The first-order valence-electron chi connectivity index (χ1n) is 5.74. The maximum absolute atomic E-state index is 6.62. The molecule has 0 amide bonds. The summed E-state index contributed by atoms with van der Waals surface area (Å²) in [5.74, 6) is 2.50. The van der Waals surface area contributed by atoms with Gasteiger partial charge in [0.25, 0.3) is 0 Å². The van der Waals surface area contributed by atoms with Gasteiger partial charge in [0.05, 0.1) is 5.38 Å². The summed E-state index contributed by atoms with van der Waals surface area (Å²) in [6, 6.07) is 2.09. The van der Waals surface area contributed by atoms with Gasteiger partial charge in [0.15, 0.2) is 0 Å². The summed E-state index contributed by atoms with van der Waals surface area (Å²) in [6.45, 7) is 0. The fourth-order valence-corrected chi connectivity index (χ4v) is 5.66. The van der Waals surface area contributed by atoms with Crippen LogP contribution in [0.25, 0.3) is 0 Å². The molecule has 4 unspecified atom stereocenters. The predicted molar refractivity (Wildman–Crippen MR) is 74.6 cm³/mol. The van der Waals surface area contributed by atoms with Crippen molar-refractivity contribution in [1.82, 2.24) is 0 Å². The Kier molecular flexibility index (Phi) is 3.29. The van der Waals surface area contributed by atoms with E-state index in [0.29, 0.717) is 5.92 Å². The predicted octanol–water partition coefficient (Wildman–Crippen LogP) is 5.88. The number of thiophene rings is 1. The van der Waals surface area contributed by atoms with Gasteiger partial charge in [-0.2, -0.15) is 0 Å². The highest BCUT2D eigenvalue weighted by atomic mass is 79.9. The summed E-state index contributed by atoms with van der Waals surface area (Å²) in [4.78, 5) is 1.23. The normalized spacial score (nSPS) is 34.6. The highest BCUT2D eigenvalue weighted by Crippen LogP contribution is 2.55. The van der Waals surface area contributed by atoms with E-state index in [1.807, 2.05) is 0 Å². The Morgan fingerprint density at radius 1 is 1.38 bits per heavy atom. The Morgan fingerprint density at radius 2 is 2.19 bits per heavy atom. The maximum atomic E-state index is 6.62. The fourth-order valence-electron chi connectivity index (χ4n) is 3.36. The van der Waals surface area contributed by atoms with Crippen LogP contribution in [0.15, 0.2) is 10.5 Å². The van der Waals surface area contributed by atoms with Crippen molar-refractivity contribution in [3.8, 4) is 0 Å². The average Bonchev–Trinajstić information content (AvgIpc) is 2.94. The molecule has 0 nitrogen and oxygen atoms in total. The van der Waals surface area contributed by atoms with Crippen LogP contribution >= 0.6 is 50.5 Å². The van der Waals surface area contributed by atoms with Crippen molar-refractivity contribution >= 4 is 50.5 Å². The average molecular weight is 340 g/mol. The van der Waals surface area contributed by atoms with E-state index in [4.69, 9.17) is 23.2 Å². The van der Waals surface area contributed by atoms with Gasteiger partial charge in [-0.1, -0.05) is 18.0 Å². The molecule has 2 aliphatic carbocycles. The van der Waals surface area contributed by atoms with E-state index in [2.05, 4.69) is 22.0 Å². The topological polar surface area (TPSA) is 0 Å². The maximum Gasteiger partial charge on any atom is 0.107 e. The summed E-state index contributed by atoms with van der Waals surface area (Å²) in [5.41, 5.74) is 0. The molecule has 0 spiro atoms. The Morgan fingerprint density at radius 3 is 2.69 bits per heavy atom. The summed E-state index contributed by atoms with van der Waals surface area (Å²) in [5, 5.41) is 0.170. The molecule has 0 aromatic carbocycles. The van der Waals surface area contributed by atoms with Crippen molar-refractivity contribution in [3.63, 3.8) is 0 Å². The molecular weight excluding hydrogens is 327 g/mol. The minimum Gasteiger partial charge on any atom is -0.126 e. The van der Waals surface area contributed by atoms with Gasteiger partial charge in [-0.15, -0.1) is 22.9 Å². The van der Waals surface area contributed by atoms with Crippen LogP contribution in [-0.2, 0) is 0 Å². The number of hydrogen-bond donors (Lipinski definition) is 0. The monoisotopic (exact) mass is 338 g/mol. The number of alkyl halides is 1. The zero-order valence-corrected chi connectivity index (χ0v) is 12.7. The second kappa shape index (κ2) is 4.46. The number of rotatable bonds is 2. The molecule has 2 fully saturated rings. The highest BCUT2D eigenvalue weighted by molar-refractivity contribution is 9.10. The lowest BCUT2D eigenvalue weighted by molar-refractivity contribution is 0.325. The van der Waals surface area contributed by atoms with Gasteiger partial charge in [0.1, 0.15) is 4.34 Å². The molecule has 2 saturated carbocycles. The van der Waals surface area contributed by atoms with Crippen LogP contribution in [-0.4, -0.2) is 0 Å². The molecule has 1 heterocycles. The van der Waals surface area contributed by atoms with Gasteiger partial charge < -0.3 is 0 Å². The minimum atomic E-state index is 0.170. The zero-order valence-electron chi connectivity index (χ0n) is 8.76. The van der Waals surface area contributed by atoms with E-state index >= 15 is 0 Å². The molecule has 1 aromatic rings. The van der Waals surface area contributed by atoms with Gasteiger partial charge in [-0.05, 0) is 59.0 Å². The van der Waals surface area contributed by atoms with Gasteiger partial charge in [0, 0.05) is 9.35 Å². The lowest BCUT2D eigenvalue weighted by atomic mass is 9.86. The summed E-state index contributed by atoms with van der Waals surface area (Å²) >= 11 is 17.8. The molecule has 16 heavy (non-hydrogen) atoms. The molecule has 3 rings (SSSR count). The SMILES string of the molecule is Clc1sc(C(Cl)C2CC3CCC2C3)cc1Br. The van der Waals surface area contributed by atoms with Gasteiger partial charge >= 0.3 is 0 Å². The largest absolute Gasteiger partial charge is 0.126 e. The quantitative estimate of drug-likeness (QED) is 0.590. The summed E-state index contributed by atoms with van der Waals surface area (Å²) in [7, 11) is 0. The van der Waals surface area contributed by atoms with Crippen LogP contribution in [0.4, 0.5) is 0 Å². The smallest absolute Gasteiger partial charge is 0.107 e. The third-order valence-corrected chi connectivity index (χ3v) is 7.35. The van der Waals surface area contributed by atoms with Crippen LogP contribution in [0.5, 0.6) is 0 Å². The minimum absolute atomic E-state index is 0.170. The fraction of sp³-hybridized carbons (Fsp3) is 0.667. The standard InChI is InChI=1S/C12H13BrCl2S/c13-9-5-10(16-12(9)15)11(14)8-4-6-1-2-7(8)3-6/h5-8,11H,1-4H2. The van der Waals surface area contributed by atoms with E-state index in [-0.39, 0.29) is 5.38 Å². The van der Waals surface area contributed by atoms with Crippen molar-refractivity contribution in [3.05, 3.63) is 19.8 Å². The lowest BCUT2D eigenvalue weighted by Gasteiger charge is -2.25. The first-order valence-corrected chi connectivity index (χ1v) is 8.16. The number of halogens is 3. The van der Waals surface area contributed by atoms with Crippen LogP contribution in [0.1, 0.15) is 35.9 Å². The molecule has 88 valence electrons. The van der Waals surface area contributed by atoms with E-state index < -0.39 is 0 Å². The molecule has 4 heteroatoms. The lowest BCUT2D eigenvalue weighted by Crippen LogP contribution is -2.15. The molecule has 0 radical (unpaired) electrons. The summed E-state index contributed by atoms with van der Waals surface area (Å²) in [6.07, 6.45) is 5.55. The van der Waals surface area contributed by atoms with E-state index in [1.165, 1.54) is 30.6 Å².